The standard InChI is InChI=1S/C18H21ClN4S/c1-21(2)17(20-15-8-6-5-7-9-15)23(18(24)22(3)4)16-12-10-14(19)11-13-16/h5-13H,1-4H3. The summed E-state index contributed by atoms with van der Waals surface area (Å²) in [5.74, 6) is 0.724. The third kappa shape index (κ3) is 4.46. The summed E-state index contributed by atoms with van der Waals surface area (Å²) >= 11 is 11.7. The molecule has 2 aromatic carbocycles. The lowest BCUT2D eigenvalue weighted by atomic mass is 10.3. The molecule has 0 atom stereocenters. The summed E-state index contributed by atoms with van der Waals surface area (Å²) in [6.45, 7) is 0. The number of nitrogens with zero attached hydrogens (tertiary/aromatic N) is 4. The Labute approximate surface area is 154 Å². The molecule has 4 nitrogen and oxygen atoms in total. The number of anilines is 1. The Hall–Kier alpha value is -2.11. The Morgan fingerprint density at radius 1 is 0.875 bits per heavy atom. The van der Waals surface area contributed by atoms with Crippen LogP contribution in [-0.4, -0.2) is 49.1 Å². The summed E-state index contributed by atoms with van der Waals surface area (Å²) in [7, 11) is 7.73. The molecule has 0 spiro atoms. The van der Waals surface area contributed by atoms with Gasteiger partial charge in [0.2, 0.25) is 5.96 Å². The first-order valence-electron chi connectivity index (χ1n) is 7.48. The summed E-state index contributed by atoms with van der Waals surface area (Å²) in [6, 6.07) is 17.4. The number of halogens is 1. The first-order valence-corrected chi connectivity index (χ1v) is 8.27. The van der Waals surface area contributed by atoms with E-state index in [1.54, 1.807) is 0 Å². The first-order chi connectivity index (χ1) is 11.4. The van der Waals surface area contributed by atoms with E-state index in [1.165, 1.54) is 0 Å². The minimum absolute atomic E-state index is 0.640. The van der Waals surface area contributed by atoms with Crippen LogP contribution in [0.3, 0.4) is 0 Å². The highest BCUT2D eigenvalue weighted by Crippen LogP contribution is 2.22. The number of benzene rings is 2. The topological polar surface area (TPSA) is 22.1 Å². The van der Waals surface area contributed by atoms with Gasteiger partial charge in [-0.25, -0.2) is 4.99 Å². The van der Waals surface area contributed by atoms with Gasteiger partial charge in [-0.2, -0.15) is 0 Å². The van der Waals surface area contributed by atoms with Crippen LogP contribution >= 0.6 is 23.8 Å². The molecule has 0 saturated heterocycles. The molecule has 0 aromatic heterocycles. The molecule has 0 aliphatic heterocycles. The highest BCUT2D eigenvalue weighted by Gasteiger charge is 2.22. The molecule has 0 heterocycles. The molecule has 2 rings (SSSR count). The predicted molar refractivity (Wildman–Crippen MR) is 107 cm³/mol. The second-order valence-electron chi connectivity index (χ2n) is 5.63. The fraction of sp³-hybridized carbons (Fsp3) is 0.222. The normalized spacial score (nSPS) is 11.1. The number of para-hydroxylation sites is 1. The maximum absolute atomic E-state index is 6.03. The molecule has 0 fully saturated rings. The van der Waals surface area contributed by atoms with Crippen LogP contribution in [0.25, 0.3) is 0 Å². The van der Waals surface area contributed by atoms with Gasteiger partial charge < -0.3 is 9.80 Å². The van der Waals surface area contributed by atoms with Crippen molar-refractivity contribution in [2.75, 3.05) is 33.1 Å². The molecule has 2 aromatic rings. The van der Waals surface area contributed by atoms with E-state index in [1.807, 2.05) is 97.5 Å². The maximum atomic E-state index is 6.03. The van der Waals surface area contributed by atoms with Crippen molar-refractivity contribution in [1.29, 1.82) is 0 Å². The fourth-order valence-electron chi connectivity index (χ4n) is 2.07. The first kappa shape index (κ1) is 18.2. The van der Waals surface area contributed by atoms with E-state index in [4.69, 9.17) is 28.8 Å². The Kier molecular flexibility index (Phi) is 6.17. The lowest BCUT2D eigenvalue weighted by Gasteiger charge is -2.33. The van der Waals surface area contributed by atoms with Crippen molar-refractivity contribution in [2.24, 2.45) is 4.99 Å². The molecular formula is C18H21ClN4S. The molecule has 0 amide bonds. The van der Waals surface area contributed by atoms with Crippen LogP contribution in [0.1, 0.15) is 0 Å². The molecule has 6 heteroatoms. The van der Waals surface area contributed by atoms with Gasteiger partial charge in [-0.05, 0) is 48.6 Å². The van der Waals surface area contributed by atoms with Crippen LogP contribution in [0.15, 0.2) is 59.6 Å². The van der Waals surface area contributed by atoms with Gasteiger partial charge in [0.25, 0.3) is 0 Å². The molecule has 0 aliphatic carbocycles. The third-order valence-corrected chi connectivity index (χ3v) is 4.04. The predicted octanol–water partition coefficient (Wildman–Crippen LogP) is 4.24. The van der Waals surface area contributed by atoms with Gasteiger partial charge in [0, 0.05) is 33.2 Å². The Bertz CT molecular complexity index is 712. The number of hydrogen-bond acceptors (Lipinski definition) is 2. The van der Waals surface area contributed by atoms with E-state index < -0.39 is 0 Å². The zero-order valence-electron chi connectivity index (χ0n) is 14.3. The van der Waals surface area contributed by atoms with Gasteiger partial charge in [-0.1, -0.05) is 29.8 Å². The second-order valence-corrected chi connectivity index (χ2v) is 6.43. The van der Waals surface area contributed by atoms with Crippen molar-refractivity contribution in [1.82, 2.24) is 9.80 Å². The molecule has 0 radical (unpaired) electrons. The van der Waals surface area contributed by atoms with E-state index >= 15 is 0 Å². The van der Waals surface area contributed by atoms with Crippen LogP contribution in [-0.2, 0) is 0 Å². The second kappa shape index (κ2) is 8.13. The van der Waals surface area contributed by atoms with E-state index in [0.29, 0.717) is 10.1 Å². The zero-order chi connectivity index (χ0) is 17.7. The van der Waals surface area contributed by atoms with Gasteiger partial charge >= 0.3 is 0 Å². The van der Waals surface area contributed by atoms with Gasteiger partial charge in [0.1, 0.15) is 0 Å². The van der Waals surface area contributed by atoms with Gasteiger partial charge in [-0.15, -0.1) is 0 Å². The summed E-state index contributed by atoms with van der Waals surface area (Å²) in [4.78, 5) is 10.5. The average molecular weight is 361 g/mol. The number of hydrogen-bond donors (Lipinski definition) is 0. The number of guanidine groups is 1. The van der Waals surface area contributed by atoms with Crippen LogP contribution in [0.4, 0.5) is 11.4 Å². The largest absolute Gasteiger partial charge is 0.355 e. The smallest absolute Gasteiger partial charge is 0.212 e. The van der Waals surface area contributed by atoms with Crippen LogP contribution in [0.2, 0.25) is 5.02 Å². The Morgan fingerprint density at radius 2 is 1.46 bits per heavy atom. The number of rotatable bonds is 2. The van der Waals surface area contributed by atoms with Gasteiger partial charge in [0.15, 0.2) is 5.11 Å². The third-order valence-electron chi connectivity index (χ3n) is 3.24. The van der Waals surface area contributed by atoms with E-state index in [2.05, 4.69) is 0 Å². The van der Waals surface area contributed by atoms with Crippen LogP contribution < -0.4 is 4.90 Å². The minimum Gasteiger partial charge on any atom is -0.355 e. The fourth-order valence-corrected chi connectivity index (χ4v) is 2.38. The quantitative estimate of drug-likeness (QED) is 0.453. The zero-order valence-corrected chi connectivity index (χ0v) is 15.8. The van der Waals surface area contributed by atoms with Crippen molar-refractivity contribution < 1.29 is 0 Å². The molecule has 24 heavy (non-hydrogen) atoms. The van der Waals surface area contributed by atoms with E-state index in [9.17, 15) is 0 Å². The summed E-state index contributed by atoms with van der Waals surface area (Å²) in [5.41, 5.74) is 1.77. The molecule has 0 aliphatic rings. The molecule has 0 N–H and O–H groups in total. The van der Waals surface area contributed by atoms with Crippen molar-refractivity contribution >= 4 is 46.3 Å². The minimum atomic E-state index is 0.640. The van der Waals surface area contributed by atoms with Crippen LogP contribution in [0, 0.1) is 0 Å². The summed E-state index contributed by atoms with van der Waals surface area (Å²) < 4.78 is 0. The summed E-state index contributed by atoms with van der Waals surface area (Å²) in [6.07, 6.45) is 0. The highest BCUT2D eigenvalue weighted by atomic mass is 35.5. The molecule has 0 unspecified atom stereocenters. The molecule has 0 saturated carbocycles. The van der Waals surface area contributed by atoms with Crippen molar-refractivity contribution in [2.45, 2.75) is 0 Å². The van der Waals surface area contributed by atoms with Crippen molar-refractivity contribution in [3.05, 3.63) is 59.6 Å². The molecule has 0 bridgehead atoms. The number of aliphatic imine (C=N–C) groups is 1. The highest BCUT2D eigenvalue weighted by molar-refractivity contribution is 7.80. The molecular weight excluding hydrogens is 340 g/mol. The lowest BCUT2D eigenvalue weighted by molar-refractivity contribution is 0.594. The van der Waals surface area contributed by atoms with Crippen molar-refractivity contribution in [3.63, 3.8) is 0 Å². The SMILES string of the molecule is CN(C)C(=S)N(C(=Nc1ccccc1)N(C)C)c1ccc(Cl)cc1. The maximum Gasteiger partial charge on any atom is 0.212 e. The molecule has 126 valence electrons. The monoisotopic (exact) mass is 360 g/mol. The van der Waals surface area contributed by atoms with E-state index in [-0.39, 0.29) is 0 Å². The van der Waals surface area contributed by atoms with E-state index in [0.717, 1.165) is 17.3 Å². The van der Waals surface area contributed by atoms with Crippen LogP contribution in [0.5, 0.6) is 0 Å². The lowest BCUT2D eigenvalue weighted by Crippen LogP contribution is -2.48. The Balaban J connectivity index is 2.55. The van der Waals surface area contributed by atoms with Crippen molar-refractivity contribution in [3.8, 4) is 0 Å². The number of thiocarbonyl (C=S) groups is 1. The average Bonchev–Trinajstić information content (AvgIpc) is 2.56. The van der Waals surface area contributed by atoms with Gasteiger partial charge in [-0.3, -0.25) is 4.90 Å². The van der Waals surface area contributed by atoms with Gasteiger partial charge in [0.05, 0.1) is 11.4 Å². The Morgan fingerprint density at radius 3 is 1.96 bits per heavy atom. The summed E-state index contributed by atoms with van der Waals surface area (Å²) in [5, 5.41) is 1.32.